The Morgan fingerprint density at radius 1 is 1.41 bits per heavy atom. The Morgan fingerprint density at radius 3 is 2.74 bits per heavy atom. The molecule has 138 valence electrons. The van der Waals surface area contributed by atoms with Crippen molar-refractivity contribution in [3.63, 3.8) is 0 Å². The number of carboxylic acids is 1. The molecule has 1 saturated heterocycles. The molecule has 1 N–H and O–H groups in total. The molecule has 0 unspecified atom stereocenters. The fourth-order valence-corrected chi connectivity index (χ4v) is 4.77. The van der Waals surface area contributed by atoms with Crippen LogP contribution in [0.3, 0.4) is 0 Å². The van der Waals surface area contributed by atoms with E-state index >= 15 is 0 Å². The molecule has 0 bridgehead atoms. The molecule has 0 aromatic carbocycles. The van der Waals surface area contributed by atoms with Gasteiger partial charge in [0.1, 0.15) is 18.0 Å². The topological polar surface area (TPSA) is 116 Å². The summed E-state index contributed by atoms with van der Waals surface area (Å²) in [6.07, 6.45) is 0.158. The number of hydrogen-bond acceptors (Lipinski definition) is 8. The number of carbonyl (C=O) groups is 4. The summed E-state index contributed by atoms with van der Waals surface area (Å²) in [5.41, 5.74) is 0.882. The minimum absolute atomic E-state index is 0. The van der Waals surface area contributed by atoms with Crippen molar-refractivity contribution in [3.05, 3.63) is 33.7 Å². The maximum atomic E-state index is 12.4. The number of nitrogens with zero attached hydrogens (tertiary/aromatic N) is 1. The van der Waals surface area contributed by atoms with Gasteiger partial charge in [-0.1, -0.05) is 0 Å². The molecule has 3 heterocycles. The summed E-state index contributed by atoms with van der Waals surface area (Å²) < 4.78 is 4.85. The third kappa shape index (κ3) is 4.75. The van der Waals surface area contributed by atoms with Crippen LogP contribution in [0.15, 0.2) is 28.1 Å². The number of β-lactam (4-membered cyclic amide) rings is 1. The van der Waals surface area contributed by atoms with Crippen LogP contribution in [-0.2, 0) is 30.3 Å². The van der Waals surface area contributed by atoms with E-state index in [0.29, 0.717) is 5.57 Å². The van der Waals surface area contributed by atoms with Gasteiger partial charge in [0.2, 0.25) is 5.91 Å². The Kier molecular flexibility index (Phi) is 7.52. The van der Waals surface area contributed by atoms with Gasteiger partial charge in [-0.3, -0.25) is 19.3 Å². The van der Waals surface area contributed by atoms with Crippen molar-refractivity contribution in [1.82, 2.24) is 10.2 Å². The van der Waals surface area contributed by atoms with Crippen molar-refractivity contribution in [3.8, 4) is 0 Å². The van der Waals surface area contributed by atoms with Gasteiger partial charge >= 0.3 is 35.5 Å². The van der Waals surface area contributed by atoms with E-state index in [9.17, 15) is 24.3 Å². The van der Waals surface area contributed by atoms with Crippen LogP contribution in [0.2, 0.25) is 0 Å². The predicted molar refractivity (Wildman–Crippen MR) is 91.7 cm³/mol. The summed E-state index contributed by atoms with van der Waals surface area (Å²) in [7, 11) is 0. The Balaban J connectivity index is 0.00000261. The van der Waals surface area contributed by atoms with Crippen molar-refractivity contribution in [2.75, 3.05) is 12.4 Å². The van der Waals surface area contributed by atoms with Crippen LogP contribution in [0, 0.1) is 0 Å². The van der Waals surface area contributed by atoms with Crippen LogP contribution >= 0.6 is 23.1 Å². The molecular formula is C16H15N2NaO6S2. The van der Waals surface area contributed by atoms with E-state index in [0.717, 1.165) is 10.5 Å². The molecule has 0 saturated carbocycles. The van der Waals surface area contributed by atoms with E-state index in [4.69, 9.17) is 4.74 Å². The molecule has 8 nitrogen and oxygen atoms in total. The minimum atomic E-state index is -1.51. The van der Waals surface area contributed by atoms with Gasteiger partial charge in [-0.05, 0) is 22.4 Å². The fourth-order valence-electron chi connectivity index (χ4n) is 2.77. The Hall–Kier alpha value is -1.33. The van der Waals surface area contributed by atoms with Crippen molar-refractivity contribution in [2.45, 2.75) is 24.8 Å². The molecule has 0 radical (unpaired) electrons. The molecule has 2 aliphatic rings. The van der Waals surface area contributed by atoms with Crippen LogP contribution in [0.1, 0.15) is 12.5 Å². The zero-order valence-electron chi connectivity index (χ0n) is 14.7. The number of nitrogens with one attached hydrogen (secondary N) is 1. The number of aliphatic carboxylic acids is 1. The molecule has 1 fully saturated rings. The summed E-state index contributed by atoms with van der Waals surface area (Å²) >= 11 is 2.78. The first kappa shape index (κ1) is 22.0. The van der Waals surface area contributed by atoms with E-state index in [1.54, 1.807) is 0 Å². The van der Waals surface area contributed by atoms with E-state index in [1.165, 1.54) is 30.0 Å². The zero-order valence-corrected chi connectivity index (χ0v) is 18.4. The van der Waals surface area contributed by atoms with Crippen molar-refractivity contribution >= 4 is 46.9 Å². The molecule has 0 aliphatic carbocycles. The predicted octanol–water partition coefficient (Wildman–Crippen LogP) is -3.74. The van der Waals surface area contributed by atoms with Gasteiger partial charge in [0.05, 0.1) is 18.1 Å². The van der Waals surface area contributed by atoms with Crippen LogP contribution < -0.4 is 40.0 Å². The number of carbonyl (C=O) groups excluding carboxylic acids is 4. The van der Waals surface area contributed by atoms with Gasteiger partial charge in [0, 0.05) is 18.2 Å². The fraction of sp³-hybridized carbons (Fsp3) is 0.375. The second-order valence-electron chi connectivity index (χ2n) is 5.78. The number of fused-ring (bicyclic) bond motifs is 1. The molecule has 1 aromatic heterocycles. The normalized spacial score (nSPS) is 20.9. The van der Waals surface area contributed by atoms with E-state index in [2.05, 4.69) is 5.32 Å². The monoisotopic (exact) mass is 418 g/mol. The summed E-state index contributed by atoms with van der Waals surface area (Å²) in [6.45, 7) is 1.00. The SMILES string of the molecule is CC(=O)OCC1=C(C(=O)[O-])N2C(=O)[C@H](NC(=O)Cc3ccsc3)[C@@H]2SC1.[Na+]. The van der Waals surface area contributed by atoms with Gasteiger partial charge in [0.25, 0.3) is 5.91 Å². The molecule has 1 aromatic rings. The Bertz CT molecular complexity index is 795. The average molecular weight is 418 g/mol. The molecule has 11 heteroatoms. The van der Waals surface area contributed by atoms with E-state index in [1.807, 2.05) is 16.8 Å². The zero-order chi connectivity index (χ0) is 18.8. The Morgan fingerprint density at radius 2 is 2.15 bits per heavy atom. The summed E-state index contributed by atoms with van der Waals surface area (Å²) in [5, 5.41) is 17.3. The second kappa shape index (κ2) is 9.24. The van der Waals surface area contributed by atoms with E-state index in [-0.39, 0.29) is 59.9 Å². The van der Waals surface area contributed by atoms with Crippen LogP contribution in [0.25, 0.3) is 0 Å². The molecule has 2 amide bonds. The number of thioether (sulfide) groups is 1. The summed E-state index contributed by atoms with van der Waals surface area (Å²) in [4.78, 5) is 48.0. The van der Waals surface area contributed by atoms with Crippen LogP contribution in [0.5, 0.6) is 0 Å². The molecule has 2 aliphatic heterocycles. The molecular weight excluding hydrogens is 403 g/mol. The third-order valence-corrected chi connectivity index (χ3v) is 6.02. The summed E-state index contributed by atoms with van der Waals surface area (Å²) in [6, 6.07) is 1.04. The first-order valence-electron chi connectivity index (χ1n) is 7.70. The summed E-state index contributed by atoms with van der Waals surface area (Å²) in [5.74, 6) is -2.60. The number of hydrogen-bond donors (Lipinski definition) is 1. The van der Waals surface area contributed by atoms with E-state index < -0.39 is 29.3 Å². The average Bonchev–Trinajstić information content (AvgIpc) is 3.09. The van der Waals surface area contributed by atoms with Crippen LogP contribution in [-0.4, -0.2) is 52.4 Å². The standard InChI is InChI=1S/C16H16N2O6S2.Na/c1-8(19)24-5-10-7-26-15-12(14(21)18(15)13(10)16(22)23)17-11(20)4-9-2-3-25-6-9;/h2-3,6,12,15H,4-5,7H2,1H3,(H,17,20)(H,22,23);/q;+1/p-1/t12-,15-;/m0./s1. The van der Waals surface area contributed by atoms with Gasteiger partial charge in [0.15, 0.2) is 0 Å². The van der Waals surface area contributed by atoms with Crippen LogP contribution in [0.4, 0.5) is 0 Å². The third-order valence-electron chi connectivity index (χ3n) is 3.95. The van der Waals surface area contributed by atoms with Crippen molar-refractivity contribution < 1.29 is 58.6 Å². The van der Waals surface area contributed by atoms with Gasteiger partial charge in [-0.15, -0.1) is 11.8 Å². The number of carboxylic acid groups (broad SMARTS) is 1. The first-order chi connectivity index (χ1) is 12.4. The maximum absolute atomic E-state index is 12.4. The smallest absolute Gasteiger partial charge is 0.543 e. The number of ether oxygens (including phenoxy) is 1. The molecule has 2 atom stereocenters. The molecule has 27 heavy (non-hydrogen) atoms. The minimum Gasteiger partial charge on any atom is -0.543 e. The quantitative estimate of drug-likeness (QED) is 0.287. The van der Waals surface area contributed by atoms with Crippen molar-refractivity contribution in [2.24, 2.45) is 0 Å². The molecule has 0 spiro atoms. The number of rotatable bonds is 6. The van der Waals surface area contributed by atoms with Gasteiger partial charge < -0.3 is 20.0 Å². The number of esters is 1. The second-order valence-corrected chi connectivity index (χ2v) is 7.67. The largest absolute Gasteiger partial charge is 1.00 e. The van der Waals surface area contributed by atoms with Gasteiger partial charge in [-0.2, -0.15) is 11.3 Å². The first-order valence-corrected chi connectivity index (χ1v) is 9.69. The number of thiophene rings is 1. The molecule has 3 rings (SSSR count). The van der Waals surface area contributed by atoms with Crippen molar-refractivity contribution in [1.29, 1.82) is 0 Å². The number of amides is 2. The maximum Gasteiger partial charge on any atom is 1.00 e. The van der Waals surface area contributed by atoms with Gasteiger partial charge in [-0.25, -0.2) is 0 Å². The Labute approximate surface area is 185 Å².